The zero-order valence-corrected chi connectivity index (χ0v) is 37.6. The number of hydrogen-bond donors (Lipinski definition) is 3. The molecule has 0 rings (SSSR count). The van der Waals surface area contributed by atoms with E-state index < -0.39 is 51.8 Å². The van der Waals surface area contributed by atoms with E-state index in [1.165, 1.54) is 25.7 Å². The number of hydrogen-bond acceptors (Lipinski definition) is 9. The molecule has 1 unspecified atom stereocenters. The zero-order chi connectivity index (χ0) is 43.3. The van der Waals surface area contributed by atoms with Crippen LogP contribution >= 0.6 is 7.82 Å². The van der Waals surface area contributed by atoms with Crippen molar-refractivity contribution in [3.63, 3.8) is 0 Å². The minimum atomic E-state index is -4.63. The van der Waals surface area contributed by atoms with Crippen LogP contribution in [0, 0.1) is 0 Å². The molecule has 3 atom stereocenters. The molecule has 0 saturated carbocycles. The van der Waals surface area contributed by atoms with Crippen molar-refractivity contribution in [3.05, 3.63) is 85.1 Å². The Kier molecular flexibility index (Phi) is 41.2. The van der Waals surface area contributed by atoms with Gasteiger partial charge in [-0.2, -0.15) is 0 Å². The fraction of sp³-hybridized carbons (Fsp3) is 0.667. The summed E-state index contributed by atoms with van der Waals surface area (Å²) >= 11 is 0. The number of phosphoric ester groups is 1. The largest absolute Gasteiger partial charge is 0.472 e. The molecule has 0 radical (unpaired) electrons. The highest BCUT2D eigenvalue weighted by Crippen LogP contribution is 2.43. The van der Waals surface area contributed by atoms with Gasteiger partial charge in [-0.25, -0.2) is 4.57 Å². The summed E-state index contributed by atoms with van der Waals surface area (Å²) in [6.07, 6.45) is 51.1. The van der Waals surface area contributed by atoms with Crippen molar-refractivity contribution in [1.29, 1.82) is 0 Å². The second kappa shape index (κ2) is 43.2. The molecule has 0 aliphatic rings. The fourth-order valence-corrected chi connectivity index (χ4v) is 6.37. The Bertz CT molecular complexity index is 1250. The van der Waals surface area contributed by atoms with Gasteiger partial charge in [-0.1, -0.05) is 150 Å². The van der Waals surface area contributed by atoms with Crippen molar-refractivity contribution in [2.24, 2.45) is 0 Å². The fourth-order valence-electron chi connectivity index (χ4n) is 5.58. The molecular weight excluding hydrogens is 767 g/mol. The lowest BCUT2D eigenvalue weighted by molar-refractivity contribution is -0.161. The number of aliphatic hydroxyl groups is 2. The van der Waals surface area contributed by atoms with Crippen molar-refractivity contribution in [2.75, 3.05) is 26.4 Å². The molecule has 0 heterocycles. The second-order valence-electron chi connectivity index (χ2n) is 14.7. The highest BCUT2D eigenvalue weighted by atomic mass is 31.2. The summed E-state index contributed by atoms with van der Waals surface area (Å²) < 4.78 is 32.7. The van der Waals surface area contributed by atoms with Crippen LogP contribution in [0.3, 0.4) is 0 Å². The molecule has 0 aromatic rings. The number of rotatable bonds is 41. The lowest BCUT2D eigenvalue weighted by atomic mass is 10.1. The Morgan fingerprint density at radius 1 is 0.525 bits per heavy atom. The minimum absolute atomic E-state index is 0.155. The second-order valence-corrected chi connectivity index (χ2v) is 16.1. The Balaban J connectivity index is 4.34. The molecule has 0 bridgehead atoms. The maximum absolute atomic E-state index is 12.6. The van der Waals surface area contributed by atoms with Gasteiger partial charge in [0, 0.05) is 12.8 Å². The molecule has 59 heavy (non-hydrogen) atoms. The third kappa shape index (κ3) is 43.1. The van der Waals surface area contributed by atoms with Gasteiger partial charge in [0.1, 0.15) is 12.7 Å². The van der Waals surface area contributed by atoms with Gasteiger partial charge in [0.2, 0.25) is 0 Å². The number of aliphatic hydroxyl groups excluding tert-OH is 2. The van der Waals surface area contributed by atoms with Crippen molar-refractivity contribution in [1.82, 2.24) is 0 Å². The predicted molar refractivity (Wildman–Crippen MR) is 242 cm³/mol. The van der Waals surface area contributed by atoms with Crippen molar-refractivity contribution in [2.45, 2.75) is 180 Å². The van der Waals surface area contributed by atoms with E-state index in [0.717, 1.165) is 103 Å². The van der Waals surface area contributed by atoms with Crippen LogP contribution in [0.5, 0.6) is 0 Å². The molecule has 0 fully saturated rings. The van der Waals surface area contributed by atoms with Gasteiger partial charge >= 0.3 is 19.8 Å². The van der Waals surface area contributed by atoms with E-state index in [1.54, 1.807) is 0 Å². The molecule has 0 aliphatic heterocycles. The van der Waals surface area contributed by atoms with Crippen LogP contribution in [-0.4, -0.2) is 65.7 Å². The summed E-state index contributed by atoms with van der Waals surface area (Å²) in [6, 6.07) is 0. The van der Waals surface area contributed by atoms with E-state index in [2.05, 4.69) is 103 Å². The van der Waals surface area contributed by atoms with E-state index in [1.807, 2.05) is 0 Å². The normalized spacial score (nSPS) is 14.6. The van der Waals surface area contributed by atoms with E-state index >= 15 is 0 Å². The van der Waals surface area contributed by atoms with Gasteiger partial charge in [-0.05, 0) is 89.9 Å². The molecule has 11 heteroatoms. The zero-order valence-electron chi connectivity index (χ0n) is 36.7. The number of unbranched alkanes of at least 4 members (excludes halogenated alkanes) is 13. The number of carbonyl (C=O) groups excluding carboxylic acids is 2. The van der Waals surface area contributed by atoms with Gasteiger partial charge in [0.15, 0.2) is 6.10 Å². The summed E-state index contributed by atoms with van der Waals surface area (Å²) in [5.74, 6) is -0.973. The van der Waals surface area contributed by atoms with Crippen LogP contribution in [0.25, 0.3) is 0 Å². The Morgan fingerprint density at radius 2 is 0.932 bits per heavy atom. The standard InChI is InChI=1S/C48H81O10P/c1-3-5-7-9-11-13-15-17-19-20-21-22-23-24-26-27-29-31-33-35-37-39-47(51)55-43-46(44-57-59(53,54)56-42-45(50)41-49)58-48(52)40-38-36-34-32-30-28-25-18-16-14-12-10-8-6-4-2/h6,8,11-14,17-19,21-22,24-26,45-46,49-50H,3-5,7,9-10,15-16,20,23,27-44H2,1-2H3,(H,53,54)/b8-6-,13-11-,14-12-,19-17-,22-21-,25-18-,26-24-/t45-,46+/m0/s1. The summed E-state index contributed by atoms with van der Waals surface area (Å²) in [7, 11) is -4.63. The Morgan fingerprint density at radius 3 is 1.41 bits per heavy atom. The summed E-state index contributed by atoms with van der Waals surface area (Å²) in [5, 5.41) is 18.3. The maximum atomic E-state index is 12.6. The van der Waals surface area contributed by atoms with Crippen molar-refractivity contribution in [3.8, 4) is 0 Å². The van der Waals surface area contributed by atoms with Crippen molar-refractivity contribution < 1.29 is 47.8 Å². The number of ether oxygens (including phenoxy) is 2. The number of esters is 2. The van der Waals surface area contributed by atoms with Crippen LogP contribution < -0.4 is 0 Å². The highest BCUT2D eigenvalue weighted by Gasteiger charge is 2.27. The Hall–Kier alpha value is -2.85. The quantitative estimate of drug-likeness (QED) is 0.0235. The van der Waals surface area contributed by atoms with Gasteiger partial charge in [0.05, 0.1) is 19.8 Å². The van der Waals surface area contributed by atoms with E-state index in [9.17, 15) is 24.2 Å². The topological polar surface area (TPSA) is 149 Å². The number of phosphoric acid groups is 1. The molecule has 338 valence electrons. The first-order valence-corrected chi connectivity index (χ1v) is 24.0. The molecule has 10 nitrogen and oxygen atoms in total. The molecule has 0 amide bonds. The van der Waals surface area contributed by atoms with Gasteiger partial charge in [0.25, 0.3) is 0 Å². The van der Waals surface area contributed by atoms with Crippen LogP contribution in [0.2, 0.25) is 0 Å². The first-order valence-electron chi connectivity index (χ1n) is 22.5. The first-order chi connectivity index (χ1) is 28.7. The van der Waals surface area contributed by atoms with Gasteiger partial charge < -0.3 is 24.6 Å². The van der Waals surface area contributed by atoms with E-state index in [4.69, 9.17) is 19.1 Å². The van der Waals surface area contributed by atoms with Gasteiger partial charge in [-0.15, -0.1) is 0 Å². The van der Waals surface area contributed by atoms with Crippen LogP contribution in [0.4, 0.5) is 0 Å². The van der Waals surface area contributed by atoms with E-state index in [-0.39, 0.29) is 19.4 Å². The number of allylic oxidation sites excluding steroid dienone is 14. The molecule has 0 saturated heterocycles. The summed E-state index contributed by atoms with van der Waals surface area (Å²) in [5.41, 5.74) is 0. The monoisotopic (exact) mass is 849 g/mol. The lowest BCUT2D eigenvalue weighted by Crippen LogP contribution is -2.29. The predicted octanol–water partition coefficient (Wildman–Crippen LogP) is 12.2. The van der Waals surface area contributed by atoms with Crippen LogP contribution in [-0.2, 0) is 32.7 Å². The summed E-state index contributed by atoms with van der Waals surface area (Å²) in [4.78, 5) is 35.0. The molecule has 0 aromatic heterocycles. The average Bonchev–Trinajstić information content (AvgIpc) is 3.22. The first kappa shape index (κ1) is 56.1. The SMILES string of the molecule is CC/C=C\C/C=C\C/C=C\CCCCCCCC(=O)O[C@H](COC(=O)CCCCCCC/C=C\C/C=C\C/C=C\C/C=C\CCCCC)COP(=O)(O)OC[C@@H](O)CO. The smallest absolute Gasteiger partial charge is 0.462 e. The third-order valence-electron chi connectivity index (χ3n) is 9.03. The van der Waals surface area contributed by atoms with Crippen LogP contribution in [0.15, 0.2) is 85.1 Å². The van der Waals surface area contributed by atoms with Crippen LogP contribution in [0.1, 0.15) is 168 Å². The number of carbonyl (C=O) groups is 2. The molecular formula is C48H81O10P. The average molecular weight is 849 g/mol. The third-order valence-corrected chi connectivity index (χ3v) is 9.98. The molecule has 0 spiro atoms. The highest BCUT2D eigenvalue weighted by molar-refractivity contribution is 7.47. The lowest BCUT2D eigenvalue weighted by Gasteiger charge is -2.20. The Labute approximate surface area is 358 Å². The van der Waals surface area contributed by atoms with Gasteiger partial charge in [-0.3, -0.25) is 18.6 Å². The minimum Gasteiger partial charge on any atom is -0.462 e. The molecule has 3 N–H and O–H groups in total. The molecule has 0 aliphatic carbocycles. The van der Waals surface area contributed by atoms with E-state index in [0.29, 0.717) is 12.8 Å². The van der Waals surface area contributed by atoms with Crippen molar-refractivity contribution >= 4 is 19.8 Å². The molecule has 0 aromatic carbocycles. The maximum Gasteiger partial charge on any atom is 0.472 e. The summed E-state index contributed by atoms with van der Waals surface area (Å²) in [6.45, 7) is 2.18.